The monoisotopic (exact) mass is 186 g/mol. The van der Waals surface area contributed by atoms with Gasteiger partial charge in [0.1, 0.15) is 18.3 Å². The van der Waals surface area contributed by atoms with Crippen LogP contribution in [-0.4, -0.2) is 35.5 Å². The molecule has 0 radical (unpaired) electrons. The van der Waals surface area contributed by atoms with Crippen molar-refractivity contribution in [2.75, 3.05) is 0 Å². The van der Waals surface area contributed by atoms with Crippen molar-refractivity contribution in [3.8, 4) is 0 Å². The van der Waals surface area contributed by atoms with Gasteiger partial charge in [0, 0.05) is 0 Å². The molecule has 4 nitrogen and oxygen atoms in total. The summed E-state index contributed by atoms with van der Waals surface area (Å²) in [5, 5.41) is 9.46. The number of ether oxygens (including phenoxy) is 3. The maximum Gasteiger partial charge on any atom is 0.184 e. The van der Waals surface area contributed by atoms with E-state index in [1.54, 1.807) is 6.08 Å². The van der Waals surface area contributed by atoms with E-state index in [1.165, 1.54) is 0 Å². The molecule has 0 bridgehead atoms. The Kier molecular flexibility index (Phi) is 1.96. The Bertz CT molecular complexity index is 226. The highest BCUT2D eigenvalue weighted by Gasteiger charge is 2.53. The smallest absolute Gasteiger partial charge is 0.184 e. The van der Waals surface area contributed by atoms with Crippen molar-refractivity contribution >= 4 is 0 Å². The predicted octanol–water partition coefficient (Wildman–Crippen LogP) is 0.410. The quantitative estimate of drug-likeness (QED) is 0.602. The summed E-state index contributed by atoms with van der Waals surface area (Å²) < 4.78 is 16.2. The zero-order chi connectivity index (χ0) is 9.64. The van der Waals surface area contributed by atoms with Gasteiger partial charge >= 0.3 is 0 Å². The van der Waals surface area contributed by atoms with E-state index in [-0.39, 0.29) is 12.2 Å². The molecule has 0 aliphatic carbocycles. The molecule has 0 aromatic heterocycles. The Morgan fingerprint density at radius 1 is 1.31 bits per heavy atom. The molecule has 2 heterocycles. The van der Waals surface area contributed by atoms with Gasteiger partial charge in [-0.05, 0) is 13.8 Å². The van der Waals surface area contributed by atoms with Crippen LogP contribution in [0.2, 0.25) is 0 Å². The summed E-state index contributed by atoms with van der Waals surface area (Å²) in [6, 6.07) is 0. The summed E-state index contributed by atoms with van der Waals surface area (Å²) in [7, 11) is 0. The fourth-order valence-corrected chi connectivity index (χ4v) is 1.80. The standard InChI is InChI=1S/C9H14O4/c1-4-5-6-7(8(10)11-5)13-9(2,3)12-6/h4-8,10H,1H2,2-3H3/t5-,6+,7+,8?/m0/s1. The number of aliphatic hydroxyl groups is 1. The van der Waals surface area contributed by atoms with Crippen LogP contribution in [0.3, 0.4) is 0 Å². The van der Waals surface area contributed by atoms with Crippen molar-refractivity contribution < 1.29 is 19.3 Å². The first-order valence-electron chi connectivity index (χ1n) is 4.35. The van der Waals surface area contributed by atoms with Crippen molar-refractivity contribution in [3.63, 3.8) is 0 Å². The lowest BCUT2D eigenvalue weighted by molar-refractivity contribution is -0.214. The number of fused-ring (bicyclic) bond motifs is 1. The fraction of sp³-hybridized carbons (Fsp3) is 0.778. The molecule has 1 unspecified atom stereocenters. The molecule has 2 aliphatic heterocycles. The van der Waals surface area contributed by atoms with E-state index in [9.17, 15) is 5.11 Å². The van der Waals surface area contributed by atoms with Gasteiger partial charge in [0.2, 0.25) is 0 Å². The van der Waals surface area contributed by atoms with Crippen molar-refractivity contribution in [3.05, 3.63) is 12.7 Å². The molecule has 0 amide bonds. The van der Waals surface area contributed by atoms with E-state index in [4.69, 9.17) is 14.2 Å². The third-order valence-electron chi connectivity index (χ3n) is 2.30. The first-order chi connectivity index (χ1) is 6.03. The summed E-state index contributed by atoms with van der Waals surface area (Å²) in [6.45, 7) is 7.25. The van der Waals surface area contributed by atoms with Crippen LogP contribution in [0.1, 0.15) is 13.8 Å². The van der Waals surface area contributed by atoms with Gasteiger partial charge < -0.3 is 19.3 Å². The van der Waals surface area contributed by atoms with Gasteiger partial charge in [-0.1, -0.05) is 6.08 Å². The molecule has 0 aromatic carbocycles. The second-order valence-corrected chi connectivity index (χ2v) is 3.79. The van der Waals surface area contributed by atoms with E-state index in [2.05, 4.69) is 6.58 Å². The fourth-order valence-electron chi connectivity index (χ4n) is 1.80. The van der Waals surface area contributed by atoms with Gasteiger partial charge in [-0.3, -0.25) is 0 Å². The Morgan fingerprint density at radius 3 is 2.54 bits per heavy atom. The molecule has 74 valence electrons. The van der Waals surface area contributed by atoms with Crippen LogP contribution in [-0.2, 0) is 14.2 Å². The molecule has 2 saturated heterocycles. The van der Waals surface area contributed by atoms with Crippen LogP contribution >= 0.6 is 0 Å². The van der Waals surface area contributed by atoms with E-state index in [0.717, 1.165) is 0 Å². The minimum Gasteiger partial charge on any atom is -0.366 e. The van der Waals surface area contributed by atoms with Crippen molar-refractivity contribution in [1.82, 2.24) is 0 Å². The van der Waals surface area contributed by atoms with Gasteiger partial charge in [0.25, 0.3) is 0 Å². The number of rotatable bonds is 1. The summed E-state index contributed by atoms with van der Waals surface area (Å²) in [5.74, 6) is -0.638. The highest BCUT2D eigenvalue weighted by atomic mass is 16.8. The van der Waals surface area contributed by atoms with Crippen LogP contribution < -0.4 is 0 Å². The third-order valence-corrected chi connectivity index (χ3v) is 2.30. The van der Waals surface area contributed by atoms with Crippen molar-refractivity contribution in [2.45, 2.75) is 44.2 Å². The summed E-state index contributed by atoms with van der Waals surface area (Å²) in [4.78, 5) is 0. The SMILES string of the molecule is C=C[C@@H]1OC(O)[C@@H]2OC(C)(C)O[C@H]12. The van der Waals surface area contributed by atoms with Gasteiger partial charge in [-0.2, -0.15) is 0 Å². The highest BCUT2D eigenvalue weighted by molar-refractivity contribution is 5.01. The van der Waals surface area contributed by atoms with Gasteiger partial charge in [0.15, 0.2) is 12.1 Å². The van der Waals surface area contributed by atoms with E-state index >= 15 is 0 Å². The molecule has 0 aromatic rings. The van der Waals surface area contributed by atoms with Crippen LogP contribution in [0, 0.1) is 0 Å². The van der Waals surface area contributed by atoms with Crippen molar-refractivity contribution in [1.29, 1.82) is 0 Å². The molecule has 0 spiro atoms. The Morgan fingerprint density at radius 2 is 1.92 bits per heavy atom. The van der Waals surface area contributed by atoms with Crippen LogP contribution in [0.4, 0.5) is 0 Å². The molecule has 2 rings (SSSR count). The minimum atomic E-state index is -0.908. The molecule has 1 N–H and O–H groups in total. The van der Waals surface area contributed by atoms with Gasteiger partial charge in [-0.15, -0.1) is 6.58 Å². The van der Waals surface area contributed by atoms with E-state index in [1.807, 2.05) is 13.8 Å². The van der Waals surface area contributed by atoms with E-state index in [0.29, 0.717) is 0 Å². The summed E-state index contributed by atoms with van der Waals surface area (Å²) >= 11 is 0. The number of hydrogen-bond acceptors (Lipinski definition) is 4. The topological polar surface area (TPSA) is 47.9 Å². The molecule has 4 atom stereocenters. The normalized spacial score (nSPS) is 47.6. The molecule has 2 aliphatic rings. The second-order valence-electron chi connectivity index (χ2n) is 3.79. The molecular formula is C9H14O4. The maximum absolute atomic E-state index is 9.46. The minimum absolute atomic E-state index is 0.234. The molecule has 2 fully saturated rings. The molecule has 13 heavy (non-hydrogen) atoms. The van der Waals surface area contributed by atoms with Crippen LogP contribution in [0.25, 0.3) is 0 Å². The van der Waals surface area contributed by atoms with Crippen LogP contribution in [0.5, 0.6) is 0 Å². The maximum atomic E-state index is 9.46. The predicted molar refractivity (Wildman–Crippen MR) is 44.9 cm³/mol. The Hall–Kier alpha value is -0.420. The molecule has 0 saturated carbocycles. The largest absolute Gasteiger partial charge is 0.366 e. The first-order valence-corrected chi connectivity index (χ1v) is 4.35. The lowest BCUT2D eigenvalue weighted by Gasteiger charge is -2.21. The lowest BCUT2D eigenvalue weighted by atomic mass is 10.1. The average Bonchev–Trinajstić information content (AvgIpc) is 2.47. The van der Waals surface area contributed by atoms with Crippen LogP contribution in [0.15, 0.2) is 12.7 Å². The second kappa shape index (κ2) is 2.78. The Balaban J connectivity index is 2.17. The molecular weight excluding hydrogens is 172 g/mol. The van der Waals surface area contributed by atoms with E-state index < -0.39 is 18.2 Å². The summed E-state index contributed by atoms with van der Waals surface area (Å²) in [5.41, 5.74) is 0. The lowest BCUT2D eigenvalue weighted by Crippen LogP contribution is -2.29. The number of aliphatic hydroxyl groups excluding tert-OH is 1. The van der Waals surface area contributed by atoms with Gasteiger partial charge in [-0.25, -0.2) is 0 Å². The highest BCUT2D eigenvalue weighted by Crippen LogP contribution is 2.37. The zero-order valence-corrected chi connectivity index (χ0v) is 7.77. The van der Waals surface area contributed by atoms with Crippen molar-refractivity contribution in [2.24, 2.45) is 0 Å². The zero-order valence-electron chi connectivity index (χ0n) is 7.77. The third kappa shape index (κ3) is 1.40. The first kappa shape index (κ1) is 9.15. The summed E-state index contributed by atoms with van der Waals surface area (Å²) in [6.07, 6.45) is -0.185. The molecule has 4 heteroatoms. The average molecular weight is 186 g/mol. The van der Waals surface area contributed by atoms with Gasteiger partial charge in [0.05, 0.1) is 0 Å². The number of hydrogen-bond donors (Lipinski definition) is 1. The Labute approximate surface area is 77.1 Å².